The Morgan fingerprint density at radius 1 is 1.38 bits per heavy atom. The first kappa shape index (κ1) is 14.5. The molecule has 0 aliphatic carbocycles. The van der Waals surface area contributed by atoms with Gasteiger partial charge in [-0.05, 0) is 26.0 Å². The Morgan fingerprint density at radius 3 is 2.95 bits per heavy atom. The van der Waals surface area contributed by atoms with Crippen molar-refractivity contribution in [1.82, 2.24) is 15.2 Å². The number of rotatable bonds is 4. The highest BCUT2D eigenvalue weighted by molar-refractivity contribution is 7.13. The highest BCUT2D eigenvalue weighted by Gasteiger charge is 2.18. The Kier molecular flexibility index (Phi) is 4.53. The topological polar surface area (TPSA) is 40.2 Å². The molecule has 0 radical (unpaired) electrons. The molecule has 21 heavy (non-hydrogen) atoms. The molecule has 112 valence electrons. The van der Waals surface area contributed by atoms with Gasteiger partial charge in [0.15, 0.2) is 5.13 Å². The maximum atomic E-state index is 4.70. The maximum absolute atomic E-state index is 4.70. The number of anilines is 2. The third-order valence-corrected chi connectivity index (χ3v) is 4.67. The lowest BCUT2D eigenvalue weighted by molar-refractivity contribution is 0.164. The summed E-state index contributed by atoms with van der Waals surface area (Å²) in [5, 5.41) is 9.92. The van der Waals surface area contributed by atoms with Crippen LogP contribution in [0.25, 0.3) is 0 Å². The van der Waals surface area contributed by atoms with Crippen molar-refractivity contribution in [2.24, 2.45) is 0 Å². The fraction of sp³-hybridized carbons (Fsp3) is 0.438. The van der Waals surface area contributed by atoms with Gasteiger partial charge in [0.05, 0.1) is 5.69 Å². The van der Waals surface area contributed by atoms with Crippen LogP contribution in [0.5, 0.6) is 0 Å². The second-order valence-electron chi connectivity index (χ2n) is 5.66. The van der Waals surface area contributed by atoms with Crippen LogP contribution in [-0.4, -0.2) is 35.6 Å². The van der Waals surface area contributed by atoms with Crippen molar-refractivity contribution in [2.75, 3.05) is 25.0 Å². The van der Waals surface area contributed by atoms with Gasteiger partial charge in [0.2, 0.25) is 0 Å². The smallest absolute Gasteiger partial charge is 0.187 e. The molecular weight excluding hydrogens is 280 g/mol. The minimum atomic E-state index is 0.578. The predicted molar refractivity (Wildman–Crippen MR) is 89.3 cm³/mol. The van der Waals surface area contributed by atoms with E-state index in [0.717, 1.165) is 42.7 Å². The van der Waals surface area contributed by atoms with Gasteiger partial charge in [-0.2, -0.15) is 0 Å². The summed E-state index contributed by atoms with van der Waals surface area (Å²) in [6, 6.07) is 8.98. The average Bonchev–Trinajstić information content (AvgIpc) is 2.91. The van der Waals surface area contributed by atoms with Crippen molar-refractivity contribution in [3.8, 4) is 0 Å². The van der Waals surface area contributed by atoms with Crippen molar-refractivity contribution < 1.29 is 0 Å². The lowest BCUT2D eigenvalue weighted by atomic mass is 10.2. The van der Waals surface area contributed by atoms with Crippen LogP contribution in [0.1, 0.15) is 18.2 Å². The molecule has 3 rings (SSSR count). The SMILES string of the molecule is Cc1ccc(Nc2nc(CN3CCNC[C@H]3C)cs2)cc1. The second-order valence-corrected chi connectivity index (χ2v) is 6.52. The molecule has 0 amide bonds. The van der Waals surface area contributed by atoms with Gasteiger partial charge in [-0.3, -0.25) is 4.90 Å². The molecule has 4 nitrogen and oxygen atoms in total. The molecule has 5 heteroatoms. The van der Waals surface area contributed by atoms with E-state index in [1.165, 1.54) is 5.56 Å². The number of hydrogen-bond acceptors (Lipinski definition) is 5. The third kappa shape index (κ3) is 3.81. The van der Waals surface area contributed by atoms with Crippen LogP contribution < -0.4 is 10.6 Å². The van der Waals surface area contributed by atoms with E-state index < -0.39 is 0 Å². The van der Waals surface area contributed by atoms with Crippen molar-refractivity contribution in [3.63, 3.8) is 0 Å². The van der Waals surface area contributed by atoms with Gasteiger partial charge in [-0.25, -0.2) is 4.98 Å². The summed E-state index contributed by atoms with van der Waals surface area (Å²) in [7, 11) is 0. The molecule has 0 bridgehead atoms. The van der Waals surface area contributed by atoms with Crippen LogP contribution in [0.3, 0.4) is 0 Å². The van der Waals surface area contributed by atoms with Crippen molar-refractivity contribution >= 4 is 22.2 Å². The summed E-state index contributed by atoms with van der Waals surface area (Å²) in [6.45, 7) is 8.54. The van der Waals surface area contributed by atoms with Gasteiger partial charge in [0, 0.05) is 43.3 Å². The number of thiazole rings is 1. The van der Waals surface area contributed by atoms with Gasteiger partial charge >= 0.3 is 0 Å². The van der Waals surface area contributed by atoms with Gasteiger partial charge in [0.25, 0.3) is 0 Å². The van der Waals surface area contributed by atoms with E-state index in [9.17, 15) is 0 Å². The lowest BCUT2D eigenvalue weighted by Crippen LogP contribution is -2.49. The summed E-state index contributed by atoms with van der Waals surface area (Å²) in [5.74, 6) is 0. The summed E-state index contributed by atoms with van der Waals surface area (Å²) in [4.78, 5) is 7.19. The average molecular weight is 302 g/mol. The number of aromatic nitrogens is 1. The van der Waals surface area contributed by atoms with Crippen LogP contribution in [0.4, 0.5) is 10.8 Å². The molecule has 2 N–H and O–H groups in total. The number of hydrogen-bond donors (Lipinski definition) is 2. The molecule has 1 aliphatic heterocycles. The summed E-state index contributed by atoms with van der Waals surface area (Å²) < 4.78 is 0. The van der Waals surface area contributed by atoms with E-state index in [1.54, 1.807) is 11.3 Å². The molecule has 0 spiro atoms. The fourth-order valence-electron chi connectivity index (χ4n) is 2.52. The predicted octanol–water partition coefficient (Wildman–Crippen LogP) is 2.99. The zero-order valence-corrected chi connectivity index (χ0v) is 13.4. The molecular formula is C16H22N4S. The largest absolute Gasteiger partial charge is 0.332 e. The highest BCUT2D eigenvalue weighted by atomic mass is 32.1. The second kappa shape index (κ2) is 6.56. The molecule has 0 saturated carbocycles. The molecule has 2 heterocycles. The number of benzene rings is 1. The number of nitrogens with zero attached hydrogens (tertiary/aromatic N) is 2. The van der Waals surface area contributed by atoms with Gasteiger partial charge in [-0.1, -0.05) is 17.7 Å². The summed E-state index contributed by atoms with van der Waals surface area (Å²) in [5.41, 5.74) is 3.52. The minimum absolute atomic E-state index is 0.578. The first-order valence-electron chi connectivity index (χ1n) is 7.43. The van der Waals surface area contributed by atoms with Crippen LogP contribution in [0.15, 0.2) is 29.6 Å². The highest BCUT2D eigenvalue weighted by Crippen LogP contribution is 2.22. The van der Waals surface area contributed by atoms with Crippen LogP contribution in [0, 0.1) is 6.92 Å². The molecule has 0 unspecified atom stereocenters. The summed E-state index contributed by atoms with van der Waals surface area (Å²) in [6.07, 6.45) is 0. The Balaban J connectivity index is 1.61. The van der Waals surface area contributed by atoms with E-state index in [4.69, 9.17) is 4.98 Å². The summed E-state index contributed by atoms with van der Waals surface area (Å²) >= 11 is 1.67. The van der Waals surface area contributed by atoms with E-state index in [0.29, 0.717) is 6.04 Å². The van der Waals surface area contributed by atoms with Crippen molar-refractivity contribution in [2.45, 2.75) is 26.4 Å². The van der Waals surface area contributed by atoms with Crippen LogP contribution in [-0.2, 0) is 6.54 Å². The molecule has 1 aromatic carbocycles. The zero-order chi connectivity index (χ0) is 14.7. The maximum Gasteiger partial charge on any atom is 0.187 e. The third-order valence-electron chi connectivity index (χ3n) is 3.86. The molecule has 1 fully saturated rings. The van der Waals surface area contributed by atoms with Gasteiger partial charge in [-0.15, -0.1) is 11.3 Å². The van der Waals surface area contributed by atoms with Crippen molar-refractivity contribution in [1.29, 1.82) is 0 Å². The molecule has 1 atom stereocenters. The number of aryl methyl sites for hydroxylation is 1. The van der Waals surface area contributed by atoms with E-state index in [-0.39, 0.29) is 0 Å². The molecule has 1 aliphatic rings. The molecule has 1 saturated heterocycles. The van der Waals surface area contributed by atoms with Crippen LogP contribution in [0.2, 0.25) is 0 Å². The zero-order valence-electron chi connectivity index (χ0n) is 12.6. The standard InChI is InChI=1S/C16H22N4S/c1-12-3-5-14(6-4-12)18-16-19-15(11-21-16)10-20-8-7-17-9-13(20)2/h3-6,11,13,17H,7-10H2,1-2H3,(H,18,19)/t13-/m1/s1. The number of nitrogens with one attached hydrogen (secondary N) is 2. The Labute approximate surface area is 130 Å². The fourth-order valence-corrected chi connectivity index (χ4v) is 3.25. The molecule has 1 aromatic heterocycles. The molecule has 2 aromatic rings. The quantitative estimate of drug-likeness (QED) is 0.911. The Morgan fingerprint density at radius 2 is 2.19 bits per heavy atom. The van der Waals surface area contributed by atoms with E-state index in [2.05, 4.69) is 59.0 Å². The Hall–Kier alpha value is -1.43. The van der Waals surface area contributed by atoms with Crippen LogP contribution >= 0.6 is 11.3 Å². The lowest BCUT2D eigenvalue weighted by Gasteiger charge is -2.33. The van der Waals surface area contributed by atoms with E-state index >= 15 is 0 Å². The monoisotopic (exact) mass is 302 g/mol. The van der Waals surface area contributed by atoms with Crippen molar-refractivity contribution in [3.05, 3.63) is 40.9 Å². The normalized spacial score (nSPS) is 19.6. The first-order valence-corrected chi connectivity index (χ1v) is 8.31. The first-order chi connectivity index (χ1) is 10.2. The number of piperazine rings is 1. The Bertz CT molecular complexity index is 578. The van der Waals surface area contributed by atoms with E-state index in [1.807, 2.05) is 0 Å². The van der Waals surface area contributed by atoms with Gasteiger partial charge in [0.1, 0.15) is 0 Å². The van der Waals surface area contributed by atoms with Gasteiger partial charge < -0.3 is 10.6 Å². The minimum Gasteiger partial charge on any atom is -0.332 e.